The van der Waals surface area contributed by atoms with Crippen molar-refractivity contribution in [3.8, 4) is 0 Å². The molecule has 3 aliphatic rings. The Morgan fingerprint density at radius 1 is 1.14 bits per heavy atom. The van der Waals surface area contributed by atoms with Crippen LogP contribution in [-0.4, -0.2) is 23.6 Å². The first-order valence-electron chi connectivity index (χ1n) is 13.9. The molecule has 3 aliphatic carbocycles. The zero-order valence-electron chi connectivity index (χ0n) is 23.1. The van der Waals surface area contributed by atoms with Crippen LogP contribution in [0.3, 0.4) is 0 Å². The van der Waals surface area contributed by atoms with E-state index in [1.165, 1.54) is 63.5 Å². The zero-order valence-corrected chi connectivity index (χ0v) is 23.1. The third-order valence-corrected chi connectivity index (χ3v) is 9.08. The fourth-order valence-electron chi connectivity index (χ4n) is 7.42. The predicted molar refractivity (Wildman–Crippen MR) is 142 cm³/mol. The fourth-order valence-corrected chi connectivity index (χ4v) is 7.42. The molecule has 196 valence electrons. The summed E-state index contributed by atoms with van der Waals surface area (Å²) in [4.78, 5) is 22.8. The van der Waals surface area contributed by atoms with Gasteiger partial charge in [-0.15, -0.1) is 0 Å². The van der Waals surface area contributed by atoms with Crippen molar-refractivity contribution in [3.05, 3.63) is 35.5 Å². The Kier molecular flexibility index (Phi) is 9.10. The lowest BCUT2D eigenvalue weighted by atomic mass is 9.60. The van der Waals surface area contributed by atoms with E-state index in [4.69, 9.17) is 9.47 Å². The van der Waals surface area contributed by atoms with Crippen LogP contribution < -0.4 is 0 Å². The molecule has 3 rings (SSSR count). The van der Waals surface area contributed by atoms with Gasteiger partial charge in [0.1, 0.15) is 11.7 Å². The van der Waals surface area contributed by atoms with E-state index in [-0.39, 0.29) is 23.6 Å². The van der Waals surface area contributed by atoms with Crippen molar-refractivity contribution in [1.82, 2.24) is 0 Å². The molecule has 0 aliphatic heterocycles. The van der Waals surface area contributed by atoms with Gasteiger partial charge in [0.15, 0.2) is 0 Å². The molecule has 5 atom stereocenters. The van der Waals surface area contributed by atoms with Crippen LogP contribution in [0.5, 0.6) is 0 Å². The van der Waals surface area contributed by atoms with Crippen LogP contribution in [0.1, 0.15) is 112 Å². The van der Waals surface area contributed by atoms with Crippen LogP contribution in [-0.2, 0) is 19.1 Å². The summed E-state index contributed by atoms with van der Waals surface area (Å²) in [6.07, 6.45) is 16.8. The maximum Gasteiger partial charge on any atom is 0.303 e. The second-order valence-corrected chi connectivity index (χ2v) is 12.3. The van der Waals surface area contributed by atoms with Gasteiger partial charge in [-0.05, 0) is 100 Å². The van der Waals surface area contributed by atoms with E-state index < -0.39 is 0 Å². The van der Waals surface area contributed by atoms with Crippen LogP contribution in [0.15, 0.2) is 35.5 Å². The molecule has 0 radical (unpaired) electrons. The van der Waals surface area contributed by atoms with Crippen molar-refractivity contribution in [2.24, 2.45) is 23.2 Å². The van der Waals surface area contributed by atoms with Crippen LogP contribution in [0.2, 0.25) is 0 Å². The lowest BCUT2D eigenvalue weighted by Crippen LogP contribution is -2.36. The Bertz CT molecular complexity index is 863. The molecule has 3 saturated carbocycles. The Morgan fingerprint density at radius 2 is 1.89 bits per heavy atom. The molecule has 0 unspecified atom stereocenters. The molecule has 0 aromatic heterocycles. The summed E-state index contributed by atoms with van der Waals surface area (Å²) in [5, 5.41) is 0. The number of esters is 2. The Morgan fingerprint density at radius 3 is 2.57 bits per heavy atom. The van der Waals surface area contributed by atoms with Crippen molar-refractivity contribution in [3.63, 3.8) is 0 Å². The third kappa shape index (κ3) is 7.11. The number of carbonyl (C=O) groups is 2. The quantitative estimate of drug-likeness (QED) is 0.329. The van der Waals surface area contributed by atoms with E-state index in [0.717, 1.165) is 38.0 Å². The van der Waals surface area contributed by atoms with Crippen molar-refractivity contribution in [2.45, 2.75) is 124 Å². The number of hydrogen-bond donors (Lipinski definition) is 0. The normalized spacial score (nSPS) is 32.4. The van der Waals surface area contributed by atoms with Gasteiger partial charge in [-0.3, -0.25) is 9.59 Å². The van der Waals surface area contributed by atoms with Gasteiger partial charge in [0, 0.05) is 20.3 Å². The first kappa shape index (κ1) is 27.7. The number of rotatable bonds is 8. The molecule has 0 N–H and O–H groups in total. The summed E-state index contributed by atoms with van der Waals surface area (Å²) in [7, 11) is 0. The molecule has 0 aromatic carbocycles. The summed E-state index contributed by atoms with van der Waals surface area (Å²) >= 11 is 0. The minimum atomic E-state index is -0.375. The van der Waals surface area contributed by atoms with Crippen LogP contribution in [0.25, 0.3) is 0 Å². The van der Waals surface area contributed by atoms with Crippen molar-refractivity contribution < 1.29 is 19.1 Å². The SMILES string of the molecule is C=C1CC[C@H](OC(C)=O)CC1=CC=C1CCC[C@]2(C)[C@@H]([C@H](C)CCCC(C)(C)OC(C)=O)CC[C@@H]12. The van der Waals surface area contributed by atoms with Gasteiger partial charge >= 0.3 is 11.9 Å². The minimum Gasteiger partial charge on any atom is -0.462 e. The highest BCUT2D eigenvalue weighted by Gasteiger charge is 2.50. The van der Waals surface area contributed by atoms with Gasteiger partial charge in [-0.1, -0.05) is 50.1 Å². The molecule has 0 heterocycles. The monoisotopic (exact) mass is 484 g/mol. The third-order valence-electron chi connectivity index (χ3n) is 9.08. The topological polar surface area (TPSA) is 52.6 Å². The van der Waals surface area contributed by atoms with Gasteiger partial charge in [-0.25, -0.2) is 0 Å². The van der Waals surface area contributed by atoms with Crippen molar-refractivity contribution in [2.75, 3.05) is 0 Å². The summed E-state index contributed by atoms with van der Waals surface area (Å²) in [6, 6.07) is 0. The Labute approximate surface area is 213 Å². The molecule has 4 heteroatoms. The molecule has 0 saturated heterocycles. The van der Waals surface area contributed by atoms with E-state index >= 15 is 0 Å². The first-order chi connectivity index (χ1) is 16.4. The average molecular weight is 485 g/mol. The lowest BCUT2D eigenvalue weighted by molar-refractivity contribution is -0.154. The highest BCUT2D eigenvalue weighted by Crippen LogP contribution is 2.60. The highest BCUT2D eigenvalue weighted by atomic mass is 16.6. The maximum atomic E-state index is 11.4. The predicted octanol–water partition coefficient (Wildman–Crippen LogP) is 7.88. The van der Waals surface area contributed by atoms with E-state index in [2.05, 4.69) is 32.6 Å². The van der Waals surface area contributed by atoms with Crippen LogP contribution in [0, 0.1) is 23.2 Å². The van der Waals surface area contributed by atoms with Gasteiger partial charge in [-0.2, -0.15) is 0 Å². The average Bonchev–Trinajstić information content (AvgIpc) is 3.10. The number of carbonyl (C=O) groups excluding carboxylic acids is 2. The van der Waals surface area contributed by atoms with Crippen LogP contribution in [0.4, 0.5) is 0 Å². The second kappa shape index (κ2) is 11.5. The molecule has 4 nitrogen and oxygen atoms in total. The van der Waals surface area contributed by atoms with Gasteiger partial charge in [0.05, 0.1) is 0 Å². The minimum absolute atomic E-state index is 0.0122. The number of ether oxygens (including phenoxy) is 2. The van der Waals surface area contributed by atoms with Crippen molar-refractivity contribution in [1.29, 1.82) is 0 Å². The second-order valence-electron chi connectivity index (χ2n) is 12.3. The molecular weight excluding hydrogens is 436 g/mol. The van der Waals surface area contributed by atoms with Gasteiger partial charge in [0.2, 0.25) is 0 Å². The summed E-state index contributed by atoms with van der Waals surface area (Å²) < 4.78 is 11.0. The number of hydrogen-bond acceptors (Lipinski definition) is 4. The Hall–Kier alpha value is -1.84. The van der Waals surface area contributed by atoms with Gasteiger partial charge in [0.25, 0.3) is 0 Å². The van der Waals surface area contributed by atoms with E-state index in [0.29, 0.717) is 17.3 Å². The highest BCUT2D eigenvalue weighted by molar-refractivity contribution is 5.66. The molecule has 0 amide bonds. The van der Waals surface area contributed by atoms with Gasteiger partial charge < -0.3 is 9.47 Å². The van der Waals surface area contributed by atoms with Crippen molar-refractivity contribution >= 4 is 11.9 Å². The van der Waals surface area contributed by atoms with E-state index in [1.807, 2.05) is 13.8 Å². The maximum absolute atomic E-state index is 11.4. The van der Waals surface area contributed by atoms with Crippen LogP contribution >= 0.6 is 0 Å². The summed E-state index contributed by atoms with van der Waals surface area (Å²) in [5.74, 6) is 1.71. The van der Waals surface area contributed by atoms with E-state index in [1.54, 1.807) is 5.57 Å². The first-order valence-corrected chi connectivity index (χ1v) is 13.9. The molecule has 0 bridgehead atoms. The summed E-state index contributed by atoms with van der Waals surface area (Å²) in [6.45, 7) is 16.3. The molecular formula is C31H48O4. The molecule has 0 aromatic rings. The number of fused-ring (bicyclic) bond motifs is 1. The summed E-state index contributed by atoms with van der Waals surface area (Å²) in [5.41, 5.74) is 4.05. The largest absolute Gasteiger partial charge is 0.462 e. The number of allylic oxidation sites excluding steroid dienone is 4. The zero-order chi connectivity index (χ0) is 25.8. The molecule has 3 fully saturated rings. The molecule has 0 spiro atoms. The lowest BCUT2D eigenvalue weighted by Gasteiger charge is -2.44. The molecule has 35 heavy (non-hydrogen) atoms. The smallest absolute Gasteiger partial charge is 0.303 e. The fraction of sp³-hybridized carbons (Fsp3) is 0.742. The standard InChI is InChI=1S/C31H48O4/c1-21-12-15-27(34-23(3)32)20-26(21)14-13-25-11-9-19-31(7)28(16-17-29(25)31)22(2)10-8-18-30(5,6)35-24(4)33/h13-14,22,27-29H,1,8-12,15-20H2,2-7H3/t22-,27+,28-,29+,31-/m1/s1. The van der Waals surface area contributed by atoms with E-state index in [9.17, 15) is 9.59 Å². The Balaban J connectivity index is 1.64.